The van der Waals surface area contributed by atoms with Crippen LogP contribution < -0.4 is 5.14 Å². The van der Waals surface area contributed by atoms with Crippen molar-refractivity contribution in [3.8, 4) is 0 Å². The second-order valence-electron chi connectivity index (χ2n) is 1.18. The molecule has 8 heavy (non-hydrogen) atoms. The Kier molecular flexibility index (Phi) is 2.23. The first-order chi connectivity index (χ1) is 3.42. The third-order valence-electron chi connectivity index (χ3n) is 0.248. The molecular formula is C2H8N2O3S. The zero-order valence-electron chi connectivity index (χ0n) is 4.29. The van der Waals surface area contributed by atoms with Crippen molar-refractivity contribution in [3.05, 3.63) is 0 Å². The Morgan fingerprint density at radius 1 is 1.75 bits per heavy atom. The van der Waals surface area contributed by atoms with Crippen molar-refractivity contribution < 1.29 is 13.3 Å². The molecule has 0 aromatic carbocycles. The summed E-state index contributed by atoms with van der Waals surface area (Å²) >= 11 is -3.45. The molecule has 0 spiro atoms. The fourth-order valence-electron chi connectivity index (χ4n) is 0.184. The van der Waals surface area contributed by atoms with Gasteiger partial charge in [0.1, 0.15) is 0 Å². The maximum absolute atomic E-state index is 8.24. The van der Waals surface area contributed by atoms with E-state index in [-0.39, 0.29) is 5.90 Å². The van der Waals surface area contributed by atoms with Crippen LogP contribution in [-0.4, -0.2) is 15.0 Å². The van der Waals surface area contributed by atoms with Crippen molar-refractivity contribution in [3.63, 3.8) is 0 Å². The Morgan fingerprint density at radius 2 is 2.12 bits per heavy atom. The van der Waals surface area contributed by atoms with E-state index in [4.69, 9.17) is 14.5 Å². The van der Waals surface area contributed by atoms with Crippen LogP contribution in [-0.2, 0) is 4.18 Å². The van der Waals surface area contributed by atoms with Crippen LogP contribution in [0.3, 0.4) is 0 Å². The van der Waals surface area contributed by atoms with Crippen LogP contribution in [0.5, 0.6) is 0 Å². The molecule has 5 nitrogen and oxygen atoms in total. The second kappa shape index (κ2) is 2.31. The van der Waals surface area contributed by atoms with Gasteiger partial charge in [-0.1, -0.05) is 0 Å². The molecule has 6 heteroatoms. The first-order valence-electron chi connectivity index (χ1n) is 1.72. The summed E-state index contributed by atoms with van der Waals surface area (Å²) in [5.74, 6) is -0.312. The molecule has 0 unspecified atom stereocenters. The maximum Gasteiger partial charge on any atom is 0.201 e. The van der Waals surface area contributed by atoms with Gasteiger partial charge in [-0.2, -0.15) is 0 Å². The second-order valence-corrected chi connectivity index (χ2v) is 2.42. The van der Waals surface area contributed by atoms with Gasteiger partial charge >= 0.3 is 0 Å². The molecule has 0 aliphatic heterocycles. The predicted octanol–water partition coefficient (Wildman–Crippen LogP) is 0.539. The summed E-state index contributed by atoms with van der Waals surface area (Å²) in [6, 6.07) is 0. The molecule has 0 aromatic rings. The van der Waals surface area contributed by atoms with Gasteiger partial charge < -0.3 is 4.18 Å². The van der Waals surface area contributed by atoms with Crippen LogP contribution in [0.25, 0.3) is 0 Å². The molecule has 0 heterocycles. The van der Waals surface area contributed by atoms with E-state index in [9.17, 15) is 0 Å². The number of rotatable bonds is 1. The molecule has 0 rings (SSSR count). The minimum absolute atomic E-state index is 0.312. The molecule has 0 bridgehead atoms. The van der Waals surface area contributed by atoms with Crippen LogP contribution in [0.2, 0.25) is 0 Å². The molecule has 5 N–H and O–H groups in total. The molecule has 0 radical (unpaired) electrons. The van der Waals surface area contributed by atoms with E-state index in [0.717, 1.165) is 0 Å². The summed E-state index contributed by atoms with van der Waals surface area (Å²) in [4.78, 5) is 0. The molecule has 0 amide bonds. The Bertz CT molecular complexity index is 97.9. The minimum atomic E-state index is -3.45. The zero-order valence-corrected chi connectivity index (χ0v) is 5.10. The van der Waals surface area contributed by atoms with E-state index in [1.54, 1.807) is 0 Å². The van der Waals surface area contributed by atoms with E-state index < -0.39 is 11.1 Å². The summed E-state index contributed by atoms with van der Waals surface area (Å²) in [7, 11) is 0. The first-order valence-corrected chi connectivity index (χ1v) is 3.26. The normalized spacial score (nSPS) is 13.0. The fraction of sp³-hybridized carbons (Fsp3) is 0.500. The SMILES string of the molecule is CC(=N)OS(N)(O)O. The third-order valence-corrected chi connectivity index (χ3v) is 0.743. The van der Waals surface area contributed by atoms with Gasteiger partial charge in [0.2, 0.25) is 11.1 Å². The molecule has 50 valence electrons. The maximum atomic E-state index is 8.24. The van der Waals surface area contributed by atoms with Gasteiger partial charge in [-0.05, 0) is 0 Å². The van der Waals surface area contributed by atoms with Gasteiger partial charge in [0, 0.05) is 6.92 Å². The van der Waals surface area contributed by atoms with Crippen molar-refractivity contribution in [1.82, 2.24) is 0 Å². The van der Waals surface area contributed by atoms with Crippen molar-refractivity contribution in [2.24, 2.45) is 5.14 Å². The van der Waals surface area contributed by atoms with Gasteiger partial charge in [-0.15, -0.1) is 0 Å². The van der Waals surface area contributed by atoms with Crippen molar-refractivity contribution in [2.45, 2.75) is 6.92 Å². The molecule has 0 aliphatic carbocycles. The van der Waals surface area contributed by atoms with Crippen molar-refractivity contribution in [2.75, 3.05) is 0 Å². The lowest BCUT2D eigenvalue weighted by molar-refractivity contribution is 0.377. The van der Waals surface area contributed by atoms with E-state index >= 15 is 0 Å². The van der Waals surface area contributed by atoms with Crippen LogP contribution in [0.4, 0.5) is 0 Å². The highest BCUT2D eigenvalue weighted by Crippen LogP contribution is 2.28. The van der Waals surface area contributed by atoms with Gasteiger partial charge in [0.15, 0.2) is 5.90 Å². The fourth-order valence-corrected chi connectivity index (χ4v) is 0.552. The van der Waals surface area contributed by atoms with Gasteiger partial charge in [0.05, 0.1) is 0 Å². The highest BCUT2D eigenvalue weighted by molar-refractivity contribution is 8.18. The standard InChI is InChI=1S/C2H8N2O3S/c1-2(3)7-8(4,5)6/h3,5-6H,4H2,1H3. The van der Waals surface area contributed by atoms with Crippen LogP contribution in [0, 0.1) is 5.41 Å². The molecule has 0 saturated heterocycles. The van der Waals surface area contributed by atoms with Gasteiger partial charge in [0.25, 0.3) is 0 Å². The highest BCUT2D eigenvalue weighted by atomic mass is 32.3. The summed E-state index contributed by atoms with van der Waals surface area (Å²) in [6.45, 7) is 1.25. The Labute approximate surface area is 48.7 Å². The lowest BCUT2D eigenvalue weighted by atomic mass is 10.8. The van der Waals surface area contributed by atoms with Crippen LogP contribution in [0.1, 0.15) is 6.92 Å². The zero-order chi connectivity index (χ0) is 6.78. The Morgan fingerprint density at radius 3 is 2.12 bits per heavy atom. The molecular weight excluding hydrogens is 132 g/mol. The summed E-state index contributed by atoms with van der Waals surface area (Å²) in [5, 5.41) is 11.1. The largest absolute Gasteiger partial charge is 0.377 e. The molecule has 0 atom stereocenters. The number of hydrogen-bond acceptors (Lipinski definition) is 5. The molecule has 0 fully saturated rings. The average Bonchev–Trinajstić information content (AvgIpc) is 1.21. The molecule has 0 saturated carbocycles. The quantitative estimate of drug-likeness (QED) is 0.315. The Hall–Kier alpha value is -0.300. The van der Waals surface area contributed by atoms with E-state index in [2.05, 4.69) is 9.32 Å². The first kappa shape index (κ1) is 7.70. The van der Waals surface area contributed by atoms with Crippen LogP contribution in [0.15, 0.2) is 0 Å². The third kappa shape index (κ3) is 5.70. The summed E-state index contributed by atoms with van der Waals surface area (Å²) in [6.07, 6.45) is 0. The van der Waals surface area contributed by atoms with Gasteiger partial charge in [-0.3, -0.25) is 14.5 Å². The van der Waals surface area contributed by atoms with Crippen molar-refractivity contribution >= 4 is 17.0 Å². The average molecular weight is 140 g/mol. The van der Waals surface area contributed by atoms with Crippen molar-refractivity contribution in [1.29, 1.82) is 5.41 Å². The minimum Gasteiger partial charge on any atom is -0.377 e. The lowest BCUT2D eigenvalue weighted by Crippen LogP contribution is -2.14. The Balaban J connectivity index is 3.55. The summed E-state index contributed by atoms with van der Waals surface area (Å²) < 4.78 is 20.5. The highest BCUT2D eigenvalue weighted by Gasteiger charge is 2.09. The number of hydrogen-bond donors (Lipinski definition) is 4. The van der Waals surface area contributed by atoms with E-state index in [1.807, 2.05) is 0 Å². The topological polar surface area (TPSA) is 99.6 Å². The molecule has 0 aromatic heterocycles. The predicted molar refractivity (Wildman–Crippen MR) is 31.5 cm³/mol. The number of nitrogens with two attached hydrogens (primary N) is 1. The molecule has 0 aliphatic rings. The van der Waals surface area contributed by atoms with Gasteiger partial charge in [-0.25, -0.2) is 5.14 Å². The van der Waals surface area contributed by atoms with E-state index in [1.165, 1.54) is 6.92 Å². The summed E-state index contributed by atoms with van der Waals surface area (Å²) in [5.41, 5.74) is 0. The lowest BCUT2D eigenvalue weighted by Gasteiger charge is -2.19. The monoisotopic (exact) mass is 140 g/mol. The number of nitrogens with one attached hydrogen (secondary N) is 1. The van der Waals surface area contributed by atoms with Crippen LogP contribution >= 0.6 is 11.1 Å². The van der Waals surface area contributed by atoms with E-state index in [0.29, 0.717) is 0 Å². The smallest absolute Gasteiger partial charge is 0.201 e.